The molecule has 36 heavy (non-hydrogen) atoms. The number of hydrogen-bond acceptors (Lipinski definition) is 9. The predicted molar refractivity (Wildman–Crippen MR) is 133 cm³/mol. The van der Waals surface area contributed by atoms with Crippen LogP contribution in [-0.2, 0) is 35.1 Å². The van der Waals surface area contributed by atoms with E-state index >= 15 is 0 Å². The number of Topliss-reactive ketones (excluding diaryl/α,β-unsaturated/α-hetero) is 1. The third-order valence-electron chi connectivity index (χ3n) is 5.42. The summed E-state index contributed by atoms with van der Waals surface area (Å²) in [6.45, 7) is 0.478. The minimum Gasteiger partial charge on any atom is -0.461 e. The van der Waals surface area contributed by atoms with Gasteiger partial charge in [0.25, 0.3) is 5.91 Å². The molecule has 2 aliphatic rings. The van der Waals surface area contributed by atoms with E-state index in [4.69, 9.17) is 21.1 Å². The Balaban J connectivity index is 1.46. The molecule has 9 nitrogen and oxygen atoms in total. The molecular formula is C24H21ClN2O7S2. The maximum atomic E-state index is 13.0. The Hall–Kier alpha value is -3.15. The summed E-state index contributed by atoms with van der Waals surface area (Å²) in [5.74, 6) is -2.39. The number of carbonyl (C=O) groups is 5. The molecule has 2 aromatic rings. The maximum absolute atomic E-state index is 13.0. The van der Waals surface area contributed by atoms with Gasteiger partial charge in [0.05, 0.1) is 6.42 Å². The summed E-state index contributed by atoms with van der Waals surface area (Å²) in [5.41, 5.74) is 0.622. The van der Waals surface area contributed by atoms with Gasteiger partial charge in [0.2, 0.25) is 5.91 Å². The van der Waals surface area contributed by atoms with E-state index in [0.717, 1.165) is 4.88 Å². The Bertz CT molecular complexity index is 1230. The van der Waals surface area contributed by atoms with Gasteiger partial charge in [0.1, 0.15) is 23.7 Å². The smallest absolute Gasteiger partial charge is 0.355 e. The Morgan fingerprint density at radius 3 is 2.56 bits per heavy atom. The third kappa shape index (κ3) is 5.80. The molecule has 1 saturated heterocycles. The van der Waals surface area contributed by atoms with Gasteiger partial charge in [-0.15, -0.1) is 23.1 Å². The standard InChI is InChI=1S/C24H21ClN2O7S2/c1-13(28)33-10-15-12-36-23-20(26-19(30)9-17-3-2-8-35-17)22(31)27(23)21(15)24(32)34-11-18(29)14-4-6-16(25)7-5-14/h2-8,20,23H,9-12H2,1H3,(H,26,30)/t20?,23-/m1/s1. The molecule has 12 heteroatoms. The summed E-state index contributed by atoms with van der Waals surface area (Å²) >= 11 is 8.61. The van der Waals surface area contributed by atoms with Crippen LogP contribution in [0.3, 0.4) is 0 Å². The van der Waals surface area contributed by atoms with Crippen LogP contribution in [0.5, 0.6) is 0 Å². The van der Waals surface area contributed by atoms with Crippen LogP contribution >= 0.6 is 34.7 Å². The molecule has 1 aromatic heterocycles. The topological polar surface area (TPSA) is 119 Å². The quantitative estimate of drug-likeness (QED) is 0.288. The molecule has 4 rings (SSSR count). The molecule has 0 spiro atoms. The fourth-order valence-corrected chi connectivity index (χ4v) is 5.84. The predicted octanol–water partition coefficient (Wildman–Crippen LogP) is 2.59. The highest BCUT2D eigenvalue weighted by Crippen LogP contribution is 2.40. The Morgan fingerprint density at radius 2 is 1.89 bits per heavy atom. The van der Waals surface area contributed by atoms with Crippen molar-refractivity contribution in [2.24, 2.45) is 0 Å². The lowest BCUT2D eigenvalue weighted by atomic mass is 10.0. The number of nitrogens with zero attached hydrogens (tertiary/aromatic N) is 1. The lowest BCUT2D eigenvalue weighted by Gasteiger charge is -2.49. The highest BCUT2D eigenvalue weighted by molar-refractivity contribution is 8.00. The summed E-state index contributed by atoms with van der Waals surface area (Å²) in [4.78, 5) is 64.3. The second-order valence-electron chi connectivity index (χ2n) is 7.95. The van der Waals surface area contributed by atoms with Crippen LogP contribution in [0.2, 0.25) is 5.02 Å². The number of halogens is 1. The fourth-order valence-electron chi connectivity index (χ4n) is 3.69. The molecule has 0 bridgehead atoms. The Kier molecular flexibility index (Phi) is 8.12. The number of ketones is 1. The number of ether oxygens (including phenoxy) is 2. The van der Waals surface area contributed by atoms with Crippen molar-refractivity contribution in [3.8, 4) is 0 Å². The van der Waals surface area contributed by atoms with Crippen molar-refractivity contribution in [3.63, 3.8) is 0 Å². The van der Waals surface area contributed by atoms with Crippen molar-refractivity contribution in [2.45, 2.75) is 24.8 Å². The SMILES string of the molecule is CC(=O)OCC1=C(C(=O)OCC(=O)c2ccc(Cl)cc2)N2C(=O)C(NC(=O)Cc3cccs3)[C@H]2SC1. The number of fused-ring (bicyclic) bond motifs is 1. The van der Waals surface area contributed by atoms with Gasteiger partial charge in [-0.05, 0) is 35.7 Å². The molecule has 1 N–H and O–H groups in total. The lowest BCUT2D eigenvalue weighted by Crippen LogP contribution is -2.70. The molecule has 188 valence electrons. The molecule has 2 aliphatic heterocycles. The average Bonchev–Trinajstić information content (AvgIpc) is 3.37. The van der Waals surface area contributed by atoms with Crippen molar-refractivity contribution in [1.82, 2.24) is 10.2 Å². The van der Waals surface area contributed by atoms with Crippen molar-refractivity contribution < 1.29 is 33.4 Å². The summed E-state index contributed by atoms with van der Waals surface area (Å²) in [7, 11) is 0. The van der Waals surface area contributed by atoms with E-state index in [1.807, 2.05) is 17.5 Å². The van der Waals surface area contributed by atoms with Crippen molar-refractivity contribution in [1.29, 1.82) is 0 Å². The normalized spacial score (nSPS) is 18.7. The number of benzene rings is 1. The zero-order valence-corrected chi connectivity index (χ0v) is 21.4. The summed E-state index contributed by atoms with van der Waals surface area (Å²) in [6, 6.07) is 8.98. The number of thiophene rings is 1. The first kappa shape index (κ1) is 25.9. The highest BCUT2D eigenvalue weighted by atomic mass is 35.5. The van der Waals surface area contributed by atoms with Crippen molar-refractivity contribution in [2.75, 3.05) is 19.0 Å². The number of esters is 2. The van der Waals surface area contributed by atoms with Crippen LogP contribution < -0.4 is 5.32 Å². The van der Waals surface area contributed by atoms with Gasteiger partial charge in [-0.1, -0.05) is 17.7 Å². The minimum atomic E-state index is -0.888. The van der Waals surface area contributed by atoms with E-state index in [0.29, 0.717) is 16.2 Å². The second kappa shape index (κ2) is 11.3. The molecule has 1 aromatic carbocycles. The molecule has 1 unspecified atom stereocenters. The minimum absolute atomic E-state index is 0.0716. The molecule has 2 atom stereocenters. The largest absolute Gasteiger partial charge is 0.461 e. The van der Waals surface area contributed by atoms with Gasteiger partial charge < -0.3 is 14.8 Å². The van der Waals surface area contributed by atoms with Crippen molar-refractivity contribution in [3.05, 3.63) is 68.5 Å². The average molecular weight is 549 g/mol. The second-order valence-corrected chi connectivity index (χ2v) is 10.5. The molecule has 0 radical (unpaired) electrons. The van der Waals surface area contributed by atoms with Crippen LogP contribution in [0.25, 0.3) is 0 Å². The van der Waals surface area contributed by atoms with E-state index in [1.54, 1.807) is 12.1 Å². The summed E-state index contributed by atoms with van der Waals surface area (Å²) in [5, 5.41) is 4.53. The van der Waals surface area contributed by atoms with E-state index in [-0.39, 0.29) is 30.4 Å². The number of β-lactam (4-membered cyclic amide) rings is 1. The van der Waals surface area contributed by atoms with E-state index in [9.17, 15) is 24.0 Å². The van der Waals surface area contributed by atoms with Gasteiger partial charge in [0.15, 0.2) is 12.4 Å². The van der Waals surface area contributed by atoms with Crippen LogP contribution in [-0.4, -0.2) is 64.8 Å². The number of amides is 2. The van der Waals surface area contributed by atoms with Gasteiger partial charge >= 0.3 is 11.9 Å². The number of hydrogen-bond donors (Lipinski definition) is 1. The number of nitrogens with one attached hydrogen (secondary N) is 1. The van der Waals surface area contributed by atoms with Crippen LogP contribution in [0.1, 0.15) is 22.2 Å². The summed E-state index contributed by atoms with van der Waals surface area (Å²) in [6.07, 6.45) is 0.147. The number of rotatable bonds is 9. The molecule has 0 saturated carbocycles. The lowest BCUT2D eigenvalue weighted by molar-refractivity contribution is -0.152. The first-order valence-electron chi connectivity index (χ1n) is 10.8. The third-order valence-corrected chi connectivity index (χ3v) is 7.89. The highest BCUT2D eigenvalue weighted by Gasteiger charge is 2.54. The van der Waals surface area contributed by atoms with E-state index < -0.39 is 41.7 Å². The molecule has 2 amide bonds. The van der Waals surface area contributed by atoms with Crippen LogP contribution in [0.4, 0.5) is 0 Å². The summed E-state index contributed by atoms with van der Waals surface area (Å²) < 4.78 is 10.3. The Morgan fingerprint density at radius 1 is 1.14 bits per heavy atom. The molecular weight excluding hydrogens is 528 g/mol. The number of thioether (sulfide) groups is 1. The van der Waals surface area contributed by atoms with Crippen molar-refractivity contribution >= 4 is 64.2 Å². The monoisotopic (exact) mass is 548 g/mol. The molecule has 0 aliphatic carbocycles. The van der Waals surface area contributed by atoms with Gasteiger partial charge in [-0.25, -0.2) is 4.79 Å². The van der Waals surface area contributed by atoms with Crippen LogP contribution in [0.15, 0.2) is 53.0 Å². The zero-order valence-electron chi connectivity index (χ0n) is 19.0. The van der Waals surface area contributed by atoms with E-state index in [2.05, 4.69) is 5.32 Å². The fraction of sp³-hybridized carbons (Fsp3) is 0.292. The van der Waals surface area contributed by atoms with E-state index in [1.165, 1.54) is 47.1 Å². The molecule has 3 heterocycles. The maximum Gasteiger partial charge on any atom is 0.355 e. The zero-order chi connectivity index (χ0) is 25.8. The Labute approximate surface area is 219 Å². The molecule has 1 fully saturated rings. The van der Waals surface area contributed by atoms with Gasteiger partial charge in [-0.3, -0.25) is 24.1 Å². The van der Waals surface area contributed by atoms with Gasteiger partial charge in [-0.2, -0.15) is 0 Å². The first-order chi connectivity index (χ1) is 17.2. The number of carbonyl (C=O) groups excluding carboxylic acids is 5. The van der Waals surface area contributed by atoms with Crippen LogP contribution in [0, 0.1) is 0 Å². The first-order valence-corrected chi connectivity index (χ1v) is 13.1. The van der Waals surface area contributed by atoms with Gasteiger partial charge in [0, 0.05) is 33.7 Å².